The van der Waals surface area contributed by atoms with E-state index in [1.807, 2.05) is 13.8 Å². The maximum Gasteiger partial charge on any atom is 0.265 e. The van der Waals surface area contributed by atoms with Gasteiger partial charge < -0.3 is 11.5 Å². The van der Waals surface area contributed by atoms with E-state index >= 15 is 0 Å². The Balaban J connectivity index is 2.24. The van der Waals surface area contributed by atoms with Crippen molar-refractivity contribution in [1.29, 1.82) is 0 Å². The Bertz CT molecular complexity index is 1170. The SMILES string of the molecule is Cc1cc(C)c(S(=O)(=O)N(CCCN)OCCON(CCCN)S(=O)(=O)c2c(C)cc(C)cc2C)c(C)c1. The highest BCUT2D eigenvalue weighted by molar-refractivity contribution is 7.89. The predicted octanol–water partition coefficient (Wildman–Crippen LogP) is 2.78. The Kier molecular flexibility index (Phi) is 11.9. The number of hydroxylamine groups is 2. The first-order valence-corrected chi connectivity index (χ1v) is 15.5. The molecule has 0 saturated carbocycles. The first-order chi connectivity index (χ1) is 17.8. The second kappa shape index (κ2) is 13.9. The molecule has 2 aromatic rings. The molecule has 2 rings (SSSR count). The van der Waals surface area contributed by atoms with Crippen molar-refractivity contribution in [3.8, 4) is 0 Å². The highest BCUT2D eigenvalue weighted by Crippen LogP contribution is 2.27. The zero-order chi connectivity index (χ0) is 28.7. The van der Waals surface area contributed by atoms with E-state index in [-0.39, 0.29) is 49.2 Å². The molecule has 0 atom stereocenters. The van der Waals surface area contributed by atoms with Crippen LogP contribution >= 0.6 is 0 Å². The zero-order valence-electron chi connectivity index (χ0n) is 23.3. The molecule has 0 saturated heterocycles. The lowest BCUT2D eigenvalue weighted by Gasteiger charge is -2.26. The molecule has 0 fully saturated rings. The summed E-state index contributed by atoms with van der Waals surface area (Å²) in [6.07, 6.45) is 0.764. The summed E-state index contributed by atoms with van der Waals surface area (Å²) in [6.45, 7) is 11.0. The Morgan fingerprint density at radius 2 is 0.895 bits per heavy atom. The molecule has 0 unspecified atom stereocenters. The van der Waals surface area contributed by atoms with Crippen LogP contribution in [0.2, 0.25) is 0 Å². The fourth-order valence-corrected chi connectivity index (χ4v) is 8.01. The van der Waals surface area contributed by atoms with Crippen LogP contribution in [0.1, 0.15) is 46.2 Å². The third-order valence-electron chi connectivity index (χ3n) is 5.90. The van der Waals surface area contributed by atoms with Gasteiger partial charge in [-0.3, -0.25) is 9.68 Å². The largest absolute Gasteiger partial charge is 0.330 e. The van der Waals surface area contributed by atoms with Gasteiger partial charge in [0.1, 0.15) is 0 Å². The fourth-order valence-electron chi connectivity index (χ4n) is 4.58. The highest BCUT2D eigenvalue weighted by atomic mass is 32.2. The van der Waals surface area contributed by atoms with Crippen molar-refractivity contribution in [3.05, 3.63) is 57.6 Å². The van der Waals surface area contributed by atoms with Crippen molar-refractivity contribution in [2.24, 2.45) is 11.5 Å². The molecule has 2 aromatic carbocycles. The summed E-state index contributed by atoms with van der Waals surface area (Å²) in [4.78, 5) is 11.7. The number of hydrogen-bond acceptors (Lipinski definition) is 8. The monoisotopic (exact) mass is 570 g/mol. The van der Waals surface area contributed by atoms with E-state index in [0.29, 0.717) is 35.1 Å². The van der Waals surface area contributed by atoms with Crippen molar-refractivity contribution in [3.63, 3.8) is 0 Å². The quantitative estimate of drug-likeness (QED) is 0.246. The average Bonchev–Trinajstić information content (AvgIpc) is 2.78. The Morgan fingerprint density at radius 3 is 1.16 bits per heavy atom. The lowest BCUT2D eigenvalue weighted by Crippen LogP contribution is -2.37. The van der Waals surface area contributed by atoms with E-state index in [1.54, 1.807) is 52.0 Å². The number of benzene rings is 2. The number of rotatable bonds is 15. The lowest BCUT2D eigenvalue weighted by atomic mass is 10.1. The molecule has 0 aromatic heterocycles. The van der Waals surface area contributed by atoms with Gasteiger partial charge in [-0.1, -0.05) is 44.3 Å². The minimum atomic E-state index is -4.00. The van der Waals surface area contributed by atoms with E-state index < -0.39 is 20.0 Å². The number of aryl methyl sites for hydroxylation is 6. The van der Waals surface area contributed by atoms with E-state index in [4.69, 9.17) is 21.1 Å². The molecule has 0 heterocycles. The van der Waals surface area contributed by atoms with Crippen LogP contribution in [0.15, 0.2) is 34.1 Å². The molecular weight excluding hydrogens is 528 g/mol. The van der Waals surface area contributed by atoms with E-state index in [0.717, 1.165) is 20.1 Å². The maximum absolute atomic E-state index is 13.5. The highest BCUT2D eigenvalue weighted by Gasteiger charge is 2.31. The van der Waals surface area contributed by atoms with Gasteiger partial charge in [-0.15, -0.1) is 0 Å². The first-order valence-electron chi connectivity index (χ1n) is 12.6. The third-order valence-corrected chi connectivity index (χ3v) is 9.87. The molecule has 0 aliphatic rings. The van der Waals surface area contributed by atoms with Crippen molar-refractivity contribution >= 4 is 20.0 Å². The minimum Gasteiger partial charge on any atom is -0.330 e. The van der Waals surface area contributed by atoms with Crippen molar-refractivity contribution in [1.82, 2.24) is 8.94 Å². The first kappa shape index (κ1) is 32.3. The fraction of sp³-hybridized carbons (Fsp3) is 0.538. The van der Waals surface area contributed by atoms with Crippen LogP contribution in [-0.2, 0) is 29.7 Å². The molecule has 12 heteroatoms. The zero-order valence-corrected chi connectivity index (χ0v) is 24.9. The van der Waals surface area contributed by atoms with E-state index in [2.05, 4.69) is 0 Å². The Morgan fingerprint density at radius 1 is 0.605 bits per heavy atom. The van der Waals surface area contributed by atoms with Crippen LogP contribution in [0.5, 0.6) is 0 Å². The van der Waals surface area contributed by atoms with Gasteiger partial charge in [0, 0.05) is 13.1 Å². The number of nitrogens with zero attached hydrogens (tertiary/aromatic N) is 2. The van der Waals surface area contributed by atoms with Crippen LogP contribution in [0, 0.1) is 41.5 Å². The molecule has 214 valence electrons. The summed E-state index contributed by atoms with van der Waals surface area (Å²) in [5.74, 6) is 0. The summed E-state index contributed by atoms with van der Waals surface area (Å²) >= 11 is 0. The molecule has 0 radical (unpaired) electrons. The molecule has 10 nitrogen and oxygen atoms in total. The average molecular weight is 571 g/mol. The van der Waals surface area contributed by atoms with Crippen LogP contribution in [0.3, 0.4) is 0 Å². The molecule has 0 spiro atoms. The summed E-state index contributed by atoms with van der Waals surface area (Å²) in [5, 5.41) is 0. The van der Waals surface area contributed by atoms with Gasteiger partial charge in [-0.2, -0.15) is 0 Å². The van der Waals surface area contributed by atoms with Gasteiger partial charge in [0.15, 0.2) is 0 Å². The number of sulfonamides is 2. The van der Waals surface area contributed by atoms with Gasteiger partial charge in [0.05, 0.1) is 23.0 Å². The van der Waals surface area contributed by atoms with Crippen molar-refractivity contribution < 1.29 is 26.5 Å². The standard InChI is InChI=1S/C26H42N4O6S2/c1-19-15-21(3)25(22(4)16-19)37(31,32)29(11-7-9-27)35-13-14-36-30(12-8-10-28)38(33,34)26-23(5)17-20(2)18-24(26)6/h15-18H,7-14,27-28H2,1-6H3. The normalized spacial score (nSPS) is 12.6. The van der Waals surface area contributed by atoms with Gasteiger partial charge in [-0.05, 0) is 89.7 Å². The van der Waals surface area contributed by atoms with Crippen molar-refractivity contribution in [2.75, 3.05) is 39.4 Å². The second-order valence-corrected chi connectivity index (χ2v) is 13.0. The molecule has 4 N–H and O–H groups in total. The smallest absolute Gasteiger partial charge is 0.265 e. The van der Waals surface area contributed by atoms with E-state index in [9.17, 15) is 16.8 Å². The molecule has 0 aliphatic heterocycles. The van der Waals surface area contributed by atoms with E-state index in [1.165, 1.54) is 0 Å². The summed E-state index contributed by atoms with van der Waals surface area (Å²) in [5.41, 5.74) is 15.6. The maximum atomic E-state index is 13.5. The summed E-state index contributed by atoms with van der Waals surface area (Å²) in [6, 6.07) is 7.22. The van der Waals surface area contributed by atoms with Gasteiger partial charge in [-0.25, -0.2) is 16.8 Å². The van der Waals surface area contributed by atoms with Crippen LogP contribution < -0.4 is 11.5 Å². The minimum absolute atomic E-state index is 0.0442. The third kappa shape index (κ3) is 7.82. The predicted molar refractivity (Wildman–Crippen MR) is 148 cm³/mol. The van der Waals surface area contributed by atoms with Crippen LogP contribution in [0.25, 0.3) is 0 Å². The topological polar surface area (TPSA) is 145 Å². The lowest BCUT2D eigenvalue weighted by molar-refractivity contribution is -0.147. The second-order valence-electron chi connectivity index (χ2n) is 9.47. The molecular formula is C26H42N4O6S2. The molecule has 0 bridgehead atoms. The Hall–Kier alpha value is -1.90. The van der Waals surface area contributed by atoms with Gasteiger partial charge in [0.2, 0.25) is 0 Å². The Labute approximate surface area is 227 Å². The number of hydrogen-bond donors (Lipinski definition) is 2. The van der Waals surface area contributed by atoms with Gasteiger partial charge >= 0.3 is 0 Å². The molecule has 0 amide bonds. The molecule has 0 aliphatic carbocycles. The van der Waals surface area contributed by atoms with Crippen LogP contribution in [-0.4, -0.2) is 65.2 Å². The number of nitrogens with two attached hydrogens (primary N) is 2. The van der Waals surface area contributed by atoms with Crippen LogP contribution in [0.4, 0.5) is 0 Å². The van der Waals surface area contributed by atoms with Crippen molar-refractivity contribution in [2.45, 2.75) is 64.2 Å². The van der Waals surface area contributed by atoms with Gasteiger partial charge in [0.25, 0.3) is 20.0 Å². The summed E-state index contributed by atoms with van der Waals surface area (Å²) < 4.78 is 55.9. The summed E-state index contributed by atoms with van der Waals surface area (Å²) in [7, 11) is -8.00. The molecule has 38 heavy (non-hydrogen) atoms.